The predicted molar refractivity (Wildman–Crippen MR) is 69.7 cm³/mol. The van der Waals surface area contributed by atoms with Crippen molar-refractivity contribution >= 4 is 33.1 Å². The SMILES string of the molecule is CCN(CC(N)=S)Cc1ccc(Br)cn1. The van der Waals surface area contributed by atoms with Crippen molar-refractivity contribution in [2.75, 3.05) is 13.1 Å². The summed E-state index contributed by atoms with van der Waals surface area (Å²) >= 11 is 8.24. The number of halogens is 1. The number of nitrogens with zero attached hydrogens (tertiary/aromatic N) is 2. The van der Waals surface area contributed by atoms with E-state index >= 15 is 0 Å². The van der Waals surface area contributed by atoms with Gasteiger partial charge in [-0.25, -0.2) is 0 Å². The molecule has 0 saturated heterocycles. The Morgan fingerprint density at radius 3 is 2.80 bits per heavy atom. The Kier molecular flexibility index (Phi) is 5.14. The van der Waals surface area contributed by atoms with E-state index in [-0.39, 0.29) is 0 Å². The van der Waals surface area contributed by atoms with Gasteiger partial charge in [0.2, 0.25) is 0 Å². The van der Waals surface area contributed by atoms with Gasteiger partial charge in [0.25, 0.3) is 0 Å². The summed E-state index contributed by atoms with van der Waals surface area (Å²) in [5.41, 5.74) is 6.53. The number of likely N-dealkylation sites (N-methyl/N-ethyl adjacent to an activating group) is 1. The first kappa shape index (κ1) is 12.5. The molecule has 0 aliphatic heterocycles. The molecule has 82 valence electrons. The van der Waals surface area contributed by atoms with E-state index < -0.39 is 0 Å². The summed E-state index contributed by atoms with van der Waals surface area (Å²) in [4.78, 5) is 6.97. The highest BCUT2D eigenvalue weighted by Crippen LogP contribution is 2.08. The highest BCUT2D eigenvalue weighted by atomic mass is 79.9. The van der Waals surface area contributed by atoms with Crippen LogP contribution in [0, 0.1) is 0 Å². The van der Waals surface area contributed by atoms with Crippen molar-refractivity contribution in [3.63, 3.8) is 0 Å². The number of pyridine rings is 1. The summed E-state index contributed by atoms with van der Waals surface area (Å²) in [6.07, 6.45) is 1.80. The van der Waals surface area contributed by atoms with Crippen LogP contribution in [0.25, 0.3) is 0 Å². The Bertz CT molecular complexity index is 326. The summed E-state index contributed by atoms with van der Waals surface area (Å²) in [5, 5.41) is 0. The van der Waals surface area contributed by atoms with E-state index in [1.807, 2.05) is 12.1 Å². The van der Waals surface area contributed by atoms with Crippen molar-refractivity contribution in [3.05, 3.63) is 28.5 Å². The monoisotopic (exact) mass is 287 g/mol. The second-order valence-corrected chi connectivity index (χ2v) is 4.68. The van der Waals surface area contributed by atoms with Crippen LogP contribution in [0.1, 0.15) is 12.6 Å². The van der Waals surface area contributed by atoms with Crippen molar-refractivity contribution in [1.82, 2.24) is 9.88 Å². The number of thiocarbonyl (C=S) groups is 1. The Morgan fingerprint density at radius 2 is 2.33 bits per heavy atom. The quantitative estimate of drug-likeness (QED) is 0.841. The van der Waals surface area contributed by atoms with E-state index in [9.17, 15) is 0 Å². The fourth-order valence-corrected chi connectivity index (χ4v) is 1.65. The molecule has 0 aromatic carbocycles. The largest absolute Gasteiger partial charge is 0.392 e. The van der Waals surface area contributed by atoms with Gasteiger partial charge in [-0.3, -0.25) is 9.88 Å². The van der Waals surface area contributed by atoms with Crippen molar-refractivity contribution in [2.24, 2.45) is 5.73 Å². The highest BCUT2D eigenvalue weighted by molar-refractivity contribution is 9.10. The summed E-state index contributed by atoms with van der Waals surface area (Å²) in [5.74, 6) is 0. The lowest BCUT2D eigenvalue weighted by atomic mass is 10.3. The average molecular weight is 288 g/mol. The summed E-state index contributed by atoms with van der Waals surface area (Å²) in [6.45, 7) is 4.41. The van der Waals surface area contributed by atoms with Gasteiger partial charge in [0, 0.05) is 23.8 Å². The van der Waals surface area contributed by atoms with E-state index in [0.29, 0.717) is 11.5 Å². The maximum atomic E-state index is 5.51. The molecule has 1 aromatic rings. The van der Waals surface area contributed by atoms with Crippen LogP contribution in [-0.2, 0) is 6.54 Å². The molecule has 0 amide bonds. The Balaban J connectivity index is 2.58. The number of rotatable bonds is 5. The predicted octanol–water partition coefficient (Wildman–Crippen LogP) is 1.95. The van der Waals surface area contributed by atoms with Crippen LogP contribution in [-0.4, -0.2) is 28.0 Å². The molecule has 0 aliphatic rings. The molecule has 0 spiro atoms. The minimum atomic E-state index is 0.522. The molecule has 15 heavy (non-hydrogen) atoms. The summed E-state index contributed by atoms with van der Waals surface area (Å²) in [7, 11) is 0. The molecule has 1 rings (SSSR count). The van der Waals surface area contributed by atoms with E-state index in [1.165, 1.54) is 0 Å². The first-order valence-electron chi connectivity index (χ1n) is 4.73. The third-order valence-electron chi connectivity index (χ3n) is 2.00. The topological polar surface area (TPSA) is 42.1 Å². The van der Waals surface area contributed by atoms with Gasteiger partial charge >= 0.3 is 0 Å². The standard InChI is InChI=1S/C10H14BrN3S/c1-2-14(7-10(12)15)6-9-4-3-8(11)5-13-9/h3-5H,2,6-7H2,1H3,(H2,12,15). The van der Waals surface area contributed by atoms with Gasteiger partial charge in [-0.05, 0) is 34.6 Å². The van der Waals surface area contributed by atoms with Crippen LogP contribution < -0.4 is 5.73 Å². The van der Waals surface area contributed by atoms with Gasteiger partial charge in [-0.2, -0.15) is 0 Å². The van der Waals surface area contributed by atoms with Gasteiger partial charge in [0.05, 0.1) is 10.7 Å². The number of hydrogen-bond donors (Lipinski definition) is 1. The molecular weight excluding hydrogens is 274 g/mol. The zero-order chi connectivity index (χ0) is 11.3. The van der Waals surface area contributed by atoms with Gasteiger partial charge in [0.1, 0.15) is 0 Å². The van der Waals surface area contributed by atoms with Gasteiger partial charge in [-0.1, -0.05) is 19.1 Å². The maximum absolute atomic E-state index is 5.51. The minimum Gasteiger partial charge on any atom is -0.392 e. The third-order valence-corrected chi connectivity index (χ3v) is 2.60. The van der Waals surface area contributed by atoms with E-state index in [1.54, 1.807) is 6.20 Å². The van der Waals surface area contributed by atoms with E-state index in [2.05, 4.69) is 32.7 Å². The van der Waals surface area contributed by atoms with Gasteiger partial charge in [0.15, 0.2) is 0 Å². The summed E-state index contributed by atoms with van der Waals surface area (Å²) < 4.78 is 0.989. The first-order valence-corrected chi connectivity index (χ1v) is 5.93. The number of aromatic nitrogens is 1. The van der Waals surface area contributed by atoms with Crippen molar-refractivity contribution in [3.8, 4) is 0 Å². The lowest BCUT2D eigenvalue weighted by Gasteiger charge is -2.18. The molecule has 0 saturated carbocycles. The van der Waals surface area contributed by atoms with Crippen molar-refractivity contribution in [2.45, 2.75) is 13.5 Å². The smallest absolute Gasteiger partial charge is 0.0870 e. The summed E-state index contributed by atoms with van der Waals surface area (Å²) in [6, 6.07) is 3.98. The fourth-order valence-electron chi connectivity index (χ4n) is 1.23. The van der Waals surface area contributed by atoms with E-state index in [0.717, 1.165) is 23.3 Å². The van der Waals surface area contributed by atoms with Gasteiger partial charge in [-0.15, -0.1) is 0 Å². The molecule has 0 aliphatic carbocycles. The third kappa shape index (κ3) is 4.68. The van der Waals surface area contributed by atoms with Gasteiger partial charge < -0.3 is 5.73 Å². The normalized spacial score (nSPS) is 10.6. The van der Waals surface area contributed by atoms with E-state index in [4.69, 9.17) is 18.0 Å². The van der Waals surface area contributed by atoms with Crippen LogP contribution in [0.15, 0.2) is 22.8 Å². The van der Waals surface area contributed by atoms with Crippen LogP contribution in [0.3, 0.4) is 0 Å². The molecule has 0 radical (unpaired) electrons. The molecule has 2 N–H and O–H groups in total. The molecule has 0 unspecified atom stereocenters. The Labute approximate surface area is 104 Å². The van der Waals surface area contributed by atoms with Crippen LogP contribution >= 0.6 is 28.1 Å². The highest BCUT2D eigenvalue weighted by Gasteiger charge is 2.05. The number of hydrogen-bond acceptors (Lipinski definition) is 3. The molecule has 3 nitrogen and oxygen atoms in total. The van der Waals surface area contributed by atoms with Crippen LogP contribution in [0.2, 0.25) is 0 Å². The zero-order valence-corrected chi connectivity index (χ0v) is 11.0. The van der Waals surface area contributed by atoms with Crippen LogP contribution in [0.5, 0.6) is 0 Å². The van der Waals surface area contributed by atoms with Crippen molar-refractivity contribution in [1.29, 1.82) is 0 Å². The molecule has 0 fully saturated rings. The lowest BCUT2D eigenvalue weighted by Crippen LogP contribution is -2.32. The zero-order valence-electron chi connectivity index (χ0n) is 8.61. The molecule has 0 atom stereocenters. The fraction of sp³-hybridized carbons (Fsp3) is 0.400. The maximum Gasteiger partial charge on any atom is 0.0870 e. The minimum absolute atomic E-state index is 0.522. The number of nitrogens with two attached hydrogens (primary N) is 1. The molecular formula is C10H14BrN3S. The molecule has 1 heterocycles. The second-order valence-electron chi connectivity index (χ2n) is 3.24. The first-order chi connectivity index (χ1) is 7.11. The second kappa shape index (κ2) is 6.15. The van der Waals surface area contributed by atoms with Crippen molar-refractivity contribution < 1.29 is 0 Å². The average Bonchev–Trinajstić information content (AvgIpc) is 2.19. The molecule has 0 bridgehead atoms. The molecule has 1 aromatic heterocycles. The van der Waals surface area contributed by atoms with Crippen LogP contribution in [0.4, 0.5) is 0 Å². The lowest BCUT2D eigenvalue weighted by molar-refractivity contribution is 0.317. The Hall–Kier alpha value is -0.520. The molecule has 5 heteroatoms. The Morgan fingerprint density at radius 1 is 1.60 bits per heavy atom.